The largest absolute Gasteiger partial charge is 0.349 e. The van der Waals surface area contributed by atoms with Gasteiger partial charge in [-0.1, -0.05) is 20.8 Å². The van der Waals surface area contributed by atoms with E-state index in [-0.39, 0.29) is 16.5 Å². The molecule has 0 bridgehead atoms. The van der Waals surface area contributed by atoms with Crippen molar-refractivity contribution in [1.82, 2.24) is 9.62 Å². The number of carbonyl (C=O) groups excluding carboxylic acids is 1. The molecule has 25 heavy (non-hydrogen) atoms. The highest BCUT2D eigenvalue weighted by molar-refractivity contribution is 7.89. The normalized spacial score (nSPS) is 21.3. The van der Waals surface area contributed by atoms with Crippen molar-refractivity contribution in [3.05, 3.63) is 29.6 Å². The van der Waals surface area contributed by atoms with Gasteiger partial charge in [-0.2, -0.15) is 4.31 Å². The minimum absolute atomic E-state index is 0.0196. The van der Waals surface area contributed by atoms with Crippen LogP contribution in [0.2, 0.25) is 0 Å². The highest BCUT2D eigenvalue weighted by Gasteiger charge is 2.26. The van der Waals surface area contributed by atoms with Crippen LogP contribution in [0.15, 0.2) is 23.1 Å². The van der Waals surface area contributed by atoms with E-state index in [2.05, 4.69) is 12.2 Å². The van der Waals surface area contributed by atoms with E-state index in [0.717, 1.165) is 37.8 Å². The molecule has 0 radical (unpaired) electrons. The lowest BCUT2D eigenvalue weighted by molar-refractivity contribution is 0.0918. The summed E-state index contributed by atoms with van der Waals surface area (Å²) >= 11 is 0. The van der Waals surface area contributed by atoms with E-state index in [9.17, 15) is 17.6 Å². The zero-order valence-electron chi connectivity index (χ0n) is 15.1. The van der Waals surface area contributed by atoms with Gasteiger partial charge < -0.3 is 5.32 Å². The number of carbonyl (C=O) groups is 1. The average molecular weight is 370 g/mol. The molecule has 0 spiro atoms. The zero-order valence-corrected chi connectivity index (χ0v) is 15.9. The SMILES string of the molecule is CCN(CC)S(=O)(=O)c1ccc(F)c(C(=O)NC2CCC(C)CC2)c1. The van der Waals surface area contributed by atoms with E-state index in [1.54, 1.807) is 13.8 Å². The van der Waals surface area contributed by atoms with Gasteiger partial charge in [-0.3, -0.25) is 4.79 Å². The molecule has 0 aliphatic heterocycles. The monoisotopic (exact) mass is 370 g/mol. The Kier molecular flexibility index (Phi) is 6.57. The van der Waals surface area contributed by atoms with E-state index in [1.165, 1.54) is 10.4 Å². The lowest BCUT2D eigenvalue weighted by Gasteiger charge is -2.27. The van der Waals surface area contributed by atoms with Gasteiger partial charge in [-0.05, 0) is 49.8 Å². The Bertz CT molecular complexity index is 709. The van der Waals surface area contributed by atoms with Crippen LogP contribution in [0.25, 0.3) is 0 Å². The van der Waals surface area contributed by atoms with Crippen molar-refractivity contribution in [3.8, 4) is 0 Å². The first kappa shape index (κ1) is 19.8. The molecule has 1 N–H and O–H groups in total. The van der Waals surface area contributed by atoms with E-state index in [1.807, 2.05) is 0 Å². The van der Waals surface area contributed by atoms with Gasteiger partial charge in [0.15, 0.2) is 0 Å². The van der Waals surface area contributed by atoms with Crippen molar-refractivity contribution in [2.75, 3.05) is 13.1 Å². The molecule has 7 heteroatoms. The Balaban J connectivity index is 2.22. The number of sulfonamides is 1. The summed E-state index contributed by atoms with van der Waals surface area (Å²) in [6.45, 7) is 6.29. The quantitative estimate of drug-likeness (QED) is 0.836. The summed E-state index contributed by atoms with van der Waals surface area (Å²) in [5, 5.41) is 2.85. The topological polar surface area (TPSA) is 66.5 Å². The summed E-state index contributed by atoms with van der Waals surface area (Å²) in [6, 6.07) is 3.42. The molecule has 1 amide bonds. The molecule has 0 saturated heterocycles. The van der Waals surface area contributed by atoms with E-state index in [0.29, 0.717) is 19.0 Å². The number of halogens is 1. The third-order valence-electron chi connectivity index (χ3n) is 4.88. The molecule has 0 heterocycles. The highest BCUT2D eigenvalue weighted by atomic mass is 32.2. The van der Waals surface area contributed by atoms with E-state index >= 15 is 0 Å². The van der Waals surface area contributed by atoms with Gasteiger partial charge in [0.1, 0.15) is 5.82 Å². The summed E-state index contributed by atoms with van der Waals surface area (Å²) in [5.74, 6) is -0.610. The smallest absolute Gasteiger partial charge is 0.254 e. The minimum Gasteiger partial charge on any atom is -0.349 e. The third kappa shape index (κ3) is 4.58. The van der Waals surface area contributed by atoms with Crippen LogP contribution in [-0.2, 0) is 10.0 Å². The van der Waals surface area contributed by atoms with Crippen molar-refractivity contribution < 1.29 is 17.6 Å². The number of nitrogens with one attached hydrogen (secondary N) is 1. The summed E-state index contributed by atoms with van der Waals surface area (Å²) < 4.78 is 40.6. The molecule has 1 aliphatic carbocycles. The lowest BCUT2D eigenvalue weighted by Crippen LogP contribution is -2.38. The average Bonchev–Trinajstić information content (AvgIpc) is 2.58. The molecular weight excluding hydrogens is 343 g/mol. The van der Waals surface area contributed by atoms with Crippen LogP contribution in [0, 0.1) is 11.7 Å². The van der Waals surface area contributed by atoms with Crippen LogP contribution in [0.1, 0.15) is 56.8 Å². The summed E-state index contributed by atoms with van der Waals surface area (Å²) in [5.41, 5.74) is -0.216. The summed E-state index contributed by atoms with van der Waals surface area (Å²) in [7, 11) is -3.73. The standard InChI is InChI=1S/C18H27FN2O3S/c1-4-21(5-2)25(23,24)15-10-11-17(19)16(12-15)18(22)20-14-8-6-13(3)7-9-14/h10-14H,4-9H2,1-3H3,(H,20,22). The Morgan fingerprint density at radius 2 is 1.80 bits per heavy atom. The molecule has 1 aromatic rings. The fourth-order valence-corrected chi connectivity index (χ4v) is 4.70. The maximum atomic E-state index is 14.1. The van der Waals surface area contributed by atoms with Crippen molar-refractivity contribution >= 4 is 15.9 Å². The number of nitrogens with zero attached hydrogens (tertiary/aromatic N) is 1. The molecule has 1 fully saturated rings. The maximum Gasteiger partial charge on any atom is 0.254 e. The van der Waals surface area contributed by atoms with Gasteiger partial charge in [0.2, 0.25) is 10.0 Å². The minimum atomic E-state index is -3.73. The van der Waals surface area contributed by atoms with Crippen molar-refractivity contribution in [3.63, 3.8) is 0 Å². The first-order valence-corrected chi connectivity index (χ1v) is 10.3. The molecule has 1 aliphatic rings. The molecule has 1 saturated carbocycles. The predicted molar refractivity (Wildman–Crippen MR) is 95.4 cm³/mol. The van der Waals surface area contributed by atoms with Crippen LogP contribution >= 0.6 is 0 Å². The van der Waals surface area contributed by atoms with Crippen LogP contribution in [0.3, 0.4) is 0 Å². The number of hydrogen-bond donors (Lipinski definition) is 1. The van der Waals surface area contributed by atoms with Crippen LogP contribution in [0.4, 0.5) is 4.39 Å². The molecule has 5 nitrogen and oxygen atoms in total. The van der Waals surface area contributed by atoms with Crippen LogP contribution < -0.4 is 5.32 Å². The molecular formula is C18H27FN2O3S. The van der Waals surface area contributed by atoms with Crippen molar-refractivity contribution in [2.45, 2.75) is 57.4 Å². The molecule has 0 unspecified atom stereocenters. The van der Waals surface area contributed by atoms with Gasteiger partial charge in [-0.15, -0.1) is 0 Å². The highest BCUT2D eigenvalue weighted by Crippen LogP contribution is 2.24. The number of hydrogen-bond acceptors (Lipinski definition) is 3. The second-order valence-corrected chi connectivity index (χ2v) is 8.60. The zero-order chi connectivity index (χ0) is 18.6. The molecule has 140 valence electrons. The summed E-state index contributed by atoms with van der Waals surface area (Å²) in [6.07, 6.45) is 3.80. The number of benzene rings is 1. The van der Waals surface area contributed by atoms with Gasteiger partial charge in [0, 0.05) is 19.1 Å². The van der Waals surface area contributed by atoms with Crippen molar-refractivity contribution in [2.24, 2.45) is 5.92 Å². The van der Waals surface area contributed by atoms with Gasteiger partial charge in [0.25, 0.3) is 5.91 Å². The van der Waals surface area contributed by atoms with E-state index in [4.69, 9.17) is 0 Å². The number of rotatable bonds is 6. The van der Waals surface area contributed by atoms with Gasteiger partial charge >= 0.3 is 0 Å². The fourth-order valence-electron chi connectivity index (χ4n) is 3.22. The molecule has 0 atom stereocenters. The first-order chi connectivity index (χ1) is 11.8. The van der Waals surface area contributed by atoms with Crippen LogP contribution in [0.5, 0.6) is 0 Å². The second kappa shape index (κ2) is 8.27. The second-order valence-electron chi connectivity index (χ2n) is 6.66. The van der Waals surface area contributed by atoms with Gasteiger partial charge in [-0.25, -0.2) is 12.8 Å². The Hall–Kier alpha value is -1.47. The van der Waals surface area contributed by atoms with E-state index < -0.39 is 21.7 Å². The molecule has 1 aromatic carbocycles. The van der Waals surface area contributed by atoms with Crippen LogP contribution in [-0.4, -0.2) is 37.8 Å². The molecule has 0 aromatic heterocycles. The van der Waals surface area contributed by atoms with Crippen molar-refractivity contribution in [1.29, 1.82) is 0 Å². The first-order valence-electron chi connectivity index (χ1n) is 8.90. The predicted octanol–water partition coefficient (Wildman–Crippen LogP) is 3.16. The Morgan fingerprint density at radius 1 is 1.20 bits per heavy atom. The maximum absolute atomic E-state index is 14.1. The lowest BCUT2D eigenvalue weighted by atomic mass is 9.87. The summed E-state index contributed by atoms with van der Waals surface area (Å²) in [4.78, 5) is 12.4. The fraction of sp³-hybridized carbons (Fsp3) is 0.611. The Morgan fingerprint density at radius 3 is 2.36 bits per heavy atom. The van der Waals surface area contributed by atoms with Gasteiger partial charge in [0.05, 0.1) is 10.5 Å². The number of amides is 1. The Labute approximate surface area is 149 Å². The molecule has 2 rings (SSSR count). The third-order valence-corrected chi connectivity index (χ3v) is 6.92.